The summed E-state index contributed by atoms with van der Waals surface area (Å²) in [5.74, 6) is -2.44. The Morgan fingerprint density at radius 1 is 1.40 bits per heavy atom. The van der Waals surface area contributed by atoms with Crippen molar-refractivity contribution in [2.45, 2.75) is 11.8 Å². The number of aryl methyl sites for hydroxylation is 1. The molecule has 0 saturated heterocycles. The summed E-state index contributed by atoms with van der Waals surface area (Å²) in [6.07, 6.45) is 0. The molecule has 0 aliphatic rings. The normalized spacial score (nSPS) is 11.3. The summed E-state index contributed by atoms with van der Waals surface area (Å²) >= 11 is 0. The number of benzene rings is 1. The molecule has 2 aromatic rings. The Morgan fingerprint density at radius 3 is 2.60 bits per heavy atom. The van der Waals surface area contributed by atoms with Gasteiger partial charge in [0.05, 0.1) is 5.56 Å². The van der Waals surface area contributed by atoms with Crippen LogP contribution in [0.3, 0.4) is 0 Å². The van der Waals surface area contributed by atoms with Crippen molar-refractivity contribution >= 4 is 22.0 Å². The third-order valence-corrected chi connectivity index (χ3v) is 3.57. The Bertz CT molecular complexity index is 771. The maximum Gasteiger partial charge on any atom is 0.335 e. The number of carboxylic acid groups (broad SMARTS) is 1. The summed E-state index contributed by atoms with van der Waals surface area (Å²) in [4.78, 5) is 9.92. The minimum Gasteiger partial charge on any atom is -0.478 e. The van der Waals surface area contributed by atoms with Crippen molar-refractivity contribution < 1.29 is 27.1 Å². The minimum atomic E-state index is -4.29. The van der Waals surface area contributed by atoms with Gasteiger partial charge in [-0.3, -0.25) is 0 Å². The van der Waals surface area contributed by atoms with Crippen LogP contribution >= 0.6 is 0 Å². The number of sulfonamides is 1. The number of aromatic nitrogens is 2. The van der Waals surface area contributed by atoms with Gasteiger partial charge < -0.3 is 9.52 Å². The van der Waals surface area contributed by atoms with Crippen LogP contribution in [-0.4, -0.2) is 29.7 Å². The zero-order valence-corrected chi connectivity index (χ0v) is 10.8. The lowest BCUT2D eigenvalue weighted by Gasteiger charge is -2.05. The predicted octanol–water partition coefficient (Wildman–Crippen LogP) is 1.02. The Balaban J connectivity index is 2.37. The van der Waals surface area contributed by atoms with Crippen molar-refractivity contribution in [1.29, 1.82) is 0 Å². The first-order chi connectivity index (χ1) is 9.29. The van der Waals surface area contributed by atoms with Gasteiger partial charge in [0.2, 0.25) is 5.89 Å². The highest BCUT2D eigenvalue weighted by atomic mass is 32.2. The predicted molar refractivity (Wildman–Crippen MR) is 63.2 cm³/mol. The van der Waals surface area contributed by atoms with Crippen molar-refractivity contribution in [2.75, 3.05) is 4.72 Å². The van der Waals surface area contributed by atoms with Gasteiger partial charge >= 0.3 is 12.0 Å². The van der Waals surface area contributed by atoms with Crippen LogP contribution in [-0.2, 0) is 10.0 Å². The maximum atomic E-state index is 13.7. The molecule has 1 heterocycles. The quantitative estimate of drug-likeness (QED) is 0.864. The number of rotatable bonds is 4. The molecular weight excluding hydrogens is 293 g/mol. The van der Waals surface area contributed by atoms with Crippen LogP contribution in [0.15, 0.2) is 27.5 Å². The third kappa shape index (κ3) is 2.74. The van der Waals surface area contributed by atoms with Gasteiger partial charge in [-0.15, -0.1) is 5.10 Å². The number of hydrogen-bond acceptors (Lipinski definition) is 6. The summed E-state index contributed by atoms with van der Waals surface area (Å²) in [6, 6.07) is 2.00. The van der Waals surface area contributed by atoms with Crippen molar-refractivity contribution in [3.63, 3.8) is 0 Å². The van der Waals surface area contributed by atoms with Gasteiger partial charge in [0, 0.05) is 6.92 Å². The zero-order valence-electron chi connectivity index (χ0n) is 9.99. The van der Waals surface area contributed by atoms with E-state index in [4.69, 9.17) is 9.52 Å². The molecule has 1 aromatic carbocycles. The Morgan fingerprint density at radius 2 is 2.10 bits per heavy atom. The number of hydrogen-bond donors (Lipinski definition) is 2. The number of carboxylic acids is 1. The van der Waals surface area contributed by atoms with E-state index in [0.717, 1.165) is 12.1 Å². The topological polar surface area (TPSA) is 122 Å². The van der Waals surface area contributed by atoms with Crippen LogP contribution in [0.5, 0.6) is 0 Å². The summed E-state index contributed by atoms with van der Waals surface area (Å²) in [5, 5.41) is 15.5. The molecule has 106 valence electrons. The number of carbonyl (C=O) groups is 1. The largest absolute Gasteiger partial charge is 0.478 e. The van der Waals surface area contributed by atoms with Crippen LogP contribution in [0.4, 0.5) is 10.4 Å². The van der Waals surface area contributed by atoms with Crippen LogP contribution < -0.4 is 4.72 Å². The highest BCUT2D eigenvalue weighted by Gasteiger charge is 2.22. The van der Waals surface area contributed by atoms with Gasteiger partial charge in [-0.1, -0.05) is 5.10 Å². The zero-order chi connectivity index (χ0) is 14.9. The summed E-state index contributed by atoms with van der Waals surface area (Å²) < 4.78 is 44.1. The average Bonchev–Trinajstić information content (AvgIpc) is 2.73. The van der Waals surface area contributed by atoms with E-state index in [9.17, 15) is 17.6 Å². The van der Waals surface area contributed by atoms with E-state index in [1.54, 1.807) is 0 Å². The molecule has 0 unspecified atom stereocenters. The molecule has 0 bridgehead atoms. The molecule has 0 spiro atoms. The highest BCUT2D eigenvalue weighted by molar-refractivity contribution is 7.92. The van der Waals surface area contributed by atoms with E-state index in [0.29, 0.717) is 6.07 Å². The van der Waals surface area contributed by atoms with Crippen LogP contribution in [0, 0.1) is 12.7 Å². The minimum absolute atomic E-state index is 0.129. The fraction of sp³-hybridized carbons (Fsp3) is 0.100. The number of halogens is 1. The molecule has 1 aromatic heterocycles. The van der Waals surface area contributed by atoms with Crippen LogP contribution in [0.1, 0.15) is 16.2 Å². The summed E-state index contributed by atoms with van der Waals surface area (Å²) in [7, 11) is -4.29. The molecule has 0 saturated carbocycles. The van der Waals surface area contributed by atoms with E-state index in [2.05, 4.69) is 10.2 Å². The fourth-order valence-electron chi connectivity index (χ4n) is 1.36. The third-order valence-electron chi connectivity index (χ3n) is 2.22. The molecule has 0 atom stereocenters. The lowest BCUT2D eigenvalue weighted by molar-refractivity contribution is 0.0696. The Kier molecular flexibility index (Phi) is 3.40. The molecule has 0 amide bonds. The number of anilines is 1. The van der Waals surface area contributed by atoms with Gasteiger partial charge in [0.1, 0.15) is 10.7 Å². The van der Waals surface area contributed by atoms with Crippen molar-refractivity contribution in [1.82, 2.24) is 10.2 Å². The molecule has 20 heavy (non-hydrogen) atoms. The van der Waals surface area contributed by atoms with E-state index < -0.39 is 32.7 Å². The standard InChI is InChI=1S/C10H8FN3O5S/c1-5-12-13-10(19-5)14-20(17,18)8-3-2-6(9(15)16)4-7(8)11/h2-4H,1H3,(H,13,14)(H,15,16). The lowest BCUT2D eigenvalue weighted by Crippen LogP contribution is -2.15. The van der Waals surface area contributed by atoms with Crippen molar-refractivity contribution in [2.24, 2.45) is 0 Å². The second kappa shape index (κ2) is 4.89. The van der Waals surface area contributed by atoms with Crippen molar-refractivity contribution in [3.8, 4) is 0 Å². The summed E-state index contributed by atoms with van der Waals surface area (Å²) in [5.41, 5.74) is -0.366. The highest BCUT2D eigenvalue weighted by Crippen LogP contribution is 2.19. The molecule has 0 fully saturated rings. The van der Waals surface area contributed by atoms with Gasteiger partial charge in [0.15, 0.2) is 0 Å². The smallest absolute Gasteiger partial charge is 0.335 e. The van der Waals surface area contributed by atoms with E-state index in [1.807, 2.05) is 4.72 Å². The van der Waals surface area contributed by atoms with E-state index in [1.165, 1.54) is 6.92 Å². The molecule has 2 rings (SSSR count). The molecule has 0 aliphatic heterocycles. The lowest BCUT2D eigenvalue weighted by atomic mass is 10.2. The molecular formula is C10H8FN3O5S. The van der Waals surface area contributed by atoms with Crippen LogP contribution in [0.2, 0.25) is 0 Å². The monoisotopic (exact) mass is 301 g/mol. The number of aromatic carboxylic acids is 1. The molecule has 0 radical (unpaired) electrons. The number of nitrogens with zero attached hydrogens (tertiary/aromatic N) is 2. The van der Waals surface area contributed by atoms with E-state index in [-0.39, 0.29) is 11.5 Å². The van der Waals surface area contributed by atoms with Gasteiger partial charge in [0.25, 0.3) is 10.0 Å². The SMILES string of the molecule is Cc1nnc(NS(=O)(=O)c2ccc(C(=O)O)cc2F)o1. The first-order valence-electron chi connectivity index (χ1n) is 5.15. The second-order valence-electron chi connectivity index (χ2n) is 3.68. The summed E-state index contributed by atoms with van der Waals surface area (Å²) in [6.45, 7) is 1.45. The van der Waals surface area contributed by atoms with Gasteiger partial charge in [-0.05, 0) is 18.2 Å². The molecule has 2 N–H and O–H groups in total. The molecule has 8 nitrogen and oxygen atoms in total. The molecule has 10 heteroatoms. The van der Waals surface area contributed by atoms with Crippen LogP contribution in [0.25, 0.3) is 0 Å². The molecule has 0 aliphatic carbocycles. The van der Waals surface area contributed by atoms with Gasteiger partial charge in [-0.2, -0.15) is 0 Å². The number of nitrogens with one attached hydrogen (secondary N) is 1. The fourth-order valence-corrected chi connectivity index (χ4v) is 2.34. The first-order valence-corrected chi connectivity index (χ1v) is 6.63. The van der Waals surface area contributed by atoms with Gasteiger partial charge in [-0.25, -0.2) is 22.3 Å². The van der Waals surface area contributed by atoms with E-state index >= 15 is 0 Å². The Hall–Kier alpha value is -2.49. The Labute approximate surface area is 112 Å². The maximum absolute atomic E-state index is 13.7. The second-order valence-corrected chi connectivity index (χ2v) is 5.33. The average molecular weight is 301 g/mol. The van der Waals surface area contributed by atoms with Crippen molar-refractivity contribution in [3.05, 3.63) is 35.5 Å². The first kappa shape index (κ1) is 13.9.